The molecule has 0 aromatic carbocycles. The number of hydrogen-bond donors (Lipinski definition) is 0. The van der Waals surface area contributed by atoms with Crippen LogP contribution in [0.5, 0.6) is 0 Å². The highest BCUT2D eigenvalue weighted by Gasteiger charge is 2.50. The number of hydrogen-bond acceptors (Lipinski definition) is 1. The fraction of sp³-hybridized carbons (Fsp3) is 0.800. The van der Waals surface area contributed by atoms with Crippen LogP contribution in [-0.2, 0) is 4.74 Å². The number of ether oxygens (including phenoxy) is 1. The highest BCUT2D eigenvalue weighted by molar-refractivity contribution is 5.38. The first-order valence-corrected chi connectivity index (χ1v) is 9.23. The molecule has 1 heteroatoms. The van der Waals surface area contributed by atoms with Crippen molar-refractivity contribution in [3.05, 3.63) is 23.8 Å². The van der Waals surface area contributed by atoms with E-state index in [2.05, 4.69) is 18.2 Å². The van der Waals surface area contributed by atoms with Gasteiger partial charge in [0, 0.05) is 19.1 Å². The van der Waals surface area contributed by atoms with Gasteiger partial charge in [0.05, 0.1) is 0 Å². The van der Waals surface area contributed by atoms with E-state index in [9.17, 15) is 0 Å². The maximum atomic E-state index is 5.41. The Labute approximate surface area is 129 Å². The van der Waals surface area contributed by atoms with Crippen LogP contribution in [0.3, 0.4) is 0 Å². The molecule has 0 radical (unpaired) electrons. The maximum Gasteiger partial charge on any atom is 0.0473 e. The van der Waals surface area contributed by atoms with E-state index in [-0.39, 0.29) is 0 Å². The Morgan fingerprint density at radius 3 is 2.90 bits per heavy atom. The molecule has 5 atom stereocenters. The van der Waals surface area contributed by atoms with Crippen LogP contribution in [0.1, 0.15) is 57.8 Å². The third-order valence-electron chi connectivity index (χ3n) is 7.22. The summed E-state index contributed by atoms with van der Waals surface area (Å²) in [4.78, 5) is 0. The molecule has 0 aliphatic heterocycles. The minimum absolute atomic E-state index is 0.374. The van der Waals surface area contributed by atoms with E-state index >= 15 is 0 Å². The third kappa shape index (κ3) is 2.23. The molecular formula is C20H30O. The Bertz CT molecular complexity index is 449. The average Bonchev–Trinajstić information content (AvgIpc) is 2.97. The lowest BCUT2D eigenvalue weighted by atomic mass is 9.52. The van der Waals surface area contributed by atoms with E-state index < -0.39 is 0 Å². The monoisotopic (exact) mass is 286 g/mol. The van der Waals surface area contributed by atoms with Crippen LogP contribution in [0.4, 0.5) is 0 Å². The van der Waals surface area contributed by atoms with Crippen LogP contribution in [0.15, 0.2) is 23.8 Å². The number of rotatable bonds is 3. The molecule has 0 bridgehead atoms. The Balaban J connectivity index is 1.57. The summed E-state index contributed by atoms with van der Waals surface area (Å²) >= 11 is 0. The predicted octanol–water partition coefficient (Wildman–Crippen LogP) is 5.13. The molecule has 116 valence electrons. The van der Waals surface area contributed by atoms with Gasteiger partial charge in [-0.15, -0.1) is 0 Å². The third-order valence-corrected chi connectivity index (χ3v) is 7.22. The molecule has 3 saturated carbocycles. The normalized spacial score (nSPS) is 44.7. The lowest BCUT2D eigenvalue weighted by Gasteiger charge is -2.53. The number of allylic oxidation sites excluding steroid dienone is 4. The van der Waals surface area contributed by atoms with Gasteiger partial charge < -0.3 is 4.74 Å². The molecule has 4 rings (SSSR count). The fourth-order valence-corrected chi connectivity index (χ4v) is 6.25. The summed E-state index contributed by atoms with van der Waals surface area (Å²) in [5.74, 6) is 4.02. The van der Waals surface area contributed by atoms with Crippen molar-refractivity contribution in [2.24, 2.45) is 29.1 Å². The Morgan fingerprint density at radius 2 is 2.00 bits per heavy atom. The zero-order valence-electron chi connectivity index (χ0n) is 13.5. The molecular weight excluding hydrogens is 256 g/mol. The van der Waals surface area contributed by atoms with Gasteiger partial charge in [0.2, 0.25) is 0 Å². The van der Waals surface area contributed by atoms with Crippen molar-refractivity contribution in [3.63, 3.8) is 0 Å². The molecule has 0 saturated heterocycles. The molecule has 3 fully saturated rings. The molecule has 1 nitrogen and oxygen atoms in total. The average molecular weight is 286 g/mol. The van der Waals surface area contributed by atoms with E-state index in [0.717, 1.165) is 30.3 Å². The van der Waals surface area contributed by atoms with Gasteiger partial charge in [-0.25, -0.2) is 0 Å². The largest absolute Gasteiger partial charge is 0.385 e. The minimum Gasteiger partial charge on any atom is -0.385 e. The van der Waals surface area contributed by atoms with Gasteiger partial charge in [-0.1, -0.05) is 43.1 Å². The Morgan fingerprint density at radius 1 is 1.10 bits per heavy atom. The molecule has 0 heterocycles. The fourth-order valence-electron chi connectivity index (χ4n) is 6.25. The van der Waals surface area contributed by atoms with Crippen molar-refractivity contribution in [3.8, 4) is 0 Å². The van der Waals surface area contributed by atoms with E-state index in [1.807, 2.05) is 7.11 Å². The first-order chi connectivity index (χ1) is 10.3. The van der Waals surface area contributed by atoms with Crippen molar-refractivity contribution in [1.29, 1.82) is 0 Å². The zero-order valence-corrected chi connectivity index (χ0v) is 13.5. The van der Waals surface area contributed by atoms with Crippen LogP contribution in [0.2, 0.25) is 0 Å². The molecule has 1 unspecified atom stereocenters. The lowest BCUT2D eigenvalue weighted by molar-refractivity contribution is 0.0258. The summed E-state index contributed by atoms with van der Waals surface area (Å²) in [6, 6.07) is 0. The first kappa shape index (κ1) is 14.1. The summed E-state index contributed by atoms with van der Waals surface area (Å²) in [6.07, 6.45) is 20.4. The van der Waals surface area contributed by atoms with Crippen molar-refractivity contribution in [2.75, 3.05) is 13.7 Å². The predicted molar refractivity (Wildman–Crippen MR) is 87.0 cm³/mol. The number of fused-ring (bicyclic) bond motifs is 5. The molecule has 4 aliphatic rings. The molecule has 21 heavy (non-hydrogen) atoms. The summed E-state index contributed by atoms with van der Waals surface area (Å²) in [5, 5.41) is 0. The highest BCUT2D eigenvalue weighted by Crippen LogP contribution is 2.60. The van der Waals surface area contributed by atoms with Crippen molar-refractivity contribution < 1.29 is 4.74 Å². The van der Waals surface area contributed by atoms with Crippen LogP contribution in [-0.4, -0.2) is 13.7 Å². The van der Waals surface area contributed by atoms with E-state index in [4.69, 9.17) is 4.74 Å². The minimum atomic E-state index is 0.374. The lowest BCUT2D eigenvalue weighted by Crippen LogP contribution is -2.44. The van der Waals surface area contributed by atoms with Crippen molar-refractivity contribution in [2.45, 2.75) is 57.8 Å². The highest BCUT2D eigenvalue weighted by atomic mass is 16.5. The smallest absolute Gasteiger partial charge is 0.0473 e. The standard InChI is InChI=1S/C20H30O/c1-21-14-13-20-11-4-7-19(20)18-9-8-15-5-2-3-6-16(15)17(18)10-12-20/h4,7,11,15-18H,2-3,5-6,8-10,12-14H2,1H3/t15?,16-,17+,18+,20-/m0/s1. The molecule has 4 aliphatic carbocycles. The summed E-state index contributed by atoms with van der Waals surface area (Å²) in [7, 11) is 1.84. The zero-order chi connectivity index (χ0) is 14.3. The van der Waals surface area contributed by atoms with Crippen LogP contribution in [0.25, 0.3) is 0 Å². The van der Waals surface area contributed by atoms with E-state index in [1.165, 1.54) is 57.8 Å². The summed E-state index contributed by atoms with van der Waals surface area (Å²) in [5.41, 5.74) is 2.17. The Hall–Kier alpha value is -0.560. The quantitative estimate of drug-likeness (QED) is 0.698. The van der Waals surface area contributed by atoms with Gasteiger partial charge in [0.25, 0.3) is 0 Å². The SMILES string of the molecule is COCC[C@@]12C=CC=C1[C@@H]1CCC3CCCC[C@@H]3[C@H]1CC2. The topological polar surface area (TPSA) is 9.23 Å². The molecule has 0 aromatic rings. The van der Waals surface area contributed by atoms with Crippen LogP contribution < -0.4 is 0 Å². The van der Waals surface area contributed by atoms with E-state index in [0.29, 0.717) is 5.41 Å². The van der Waals surface area contributed by atoms with Gasteiger partial charge in [-0.2, -0.15) is 0 Å². The second-order valence-corrected chi connectivity index (χ2v) is 7.97. The first-order valence-electron chi connectivity index (χ1n) is 9.23. The molecule has 0 aromatic heterocycles. The summed E-state index contributed by atoms with van der Waals surface area (Å²) in [6.45, 7) is 0.908. The van der Waals surface area contributed by atoms with Crippen LogP contribution >= 0.6 is 0 Å². The van der Waals surface area contributed by atoms with Crippen molar-refractivity contribution in [1.82, 2.24) is 0 Å². The molecule has 0 N–H and O–H groups in total. The van der Waals surface area contributed by atoms with Gasteiger partial charge in [-0.05, 0) is 62.2 Å². The maximum absolute atomic E-state index is 5.41. The van der Waals surface area contributed by atoms with Gasteiger partial charge in [0.1, 0.15) is 0 Å². The van der Waals surface area contributed by atoms with Gasteiger partial charge >= 0.3 is 0 Å². The number of methoxy groups -OCH3 is 1. The molecule has 0 spiro atoms. The molecule has 0 amide bonds. The second-order valence-electron chi connectivity index (χ2n) is 7.97. The van der Waals surface area contributed by atoms with Gasteiger partial charge in [-0.3, -0.25) is 0 Å². The second kappa shape index (κ2) is 5.57. The van der Waals surface area contributed by atoms with Crippen LogP contribution in [0, 0.1) is 29.1 Å². The van der Waals surface area contributed by atoms with Crippen molar-refractivity contribution >= 4 is 0 Å². The van der Waals surface area contributed by atoms with E-state index in [1.54, 1.807) is 5.57 Å². The Kier molecular flexibility index (Phi) is 3.73. The summed E-state index contributed by atoms with van der Waals surface area (Å²) < 4.78 is 5.41. The van der Waals surface area contributed by atoms with Gasteiger partial charge in [0.15, 0.2) is 0 Å².